The smallest absolute Gasteiger partial charge is 0.227 e. The van der Waals surface area contributed by atoms with Crippen LogP contribution in [0.15, 0.2) is 0 Å². The number of hydrogen-bond acceptors (Lipinski definition) is 3. The highest BCUT2D eigenvalue weighted by Crippen LogP contribution is 2.31. The van der Waals surface area contributed by atoms with E-state index >= 15 is 0 Å². The molecule has 2 aliphatic heterocycles. The van der Waals surface area contributed by atoms with Gasteiger partial charge in [-0.2, -0.15) is 0 Å². The second-order valence-electron chi connectivity index (χ2n) is 5.83. The van der Waals surface area contributed by atoms with Crippen LogP contribution in [0.3, 0.4) is 0 Å². The Morgan fingerprint density at radius 1 is 1.56 bits per heavy atom. The molecule has 0 aromatic rings. The lowest BCUT2D eigenvalue weighted by atomic mass is 9.81. The standard InChI is InChI=1S/C14H26N2O2/c1-3-5-14(6-7-15-10-14)13(17)16-12-4-8-18-11(2)9-12/h11-12,15H,3-10H2,1-2H3,(H,16,17). The summed E-state index contributed by atoms with van der Waals surface area (Å²) in [6.07, 6.45) is 5.20. The second-order valence-corrected chi connectivity index (χ2v) is 5.83. The Hall–Kier alpha value is -0.610. The van der Waals surface area contributed by atoms with Gasteiger partial charge in [-0.25, -0.2) is 0 Å². The summed E-state index contributed by atoms with van der Waals surface area (Å²) in [5.74, 6) is 0.258. The predicted molar refractivity (Wildman–Crippen MR) is 71.4 cm³/mol. The number of amides is 1. The van der Waals surface area contributed by atoms with Gasteiger partial charge in [-0.1, -0.05) is 13.3 Å². The van der Waals surface area contributed by atoms with Gasteiger partial charge in [0.2, 0.25) is 5.91 Å². The third-order valence-corrected chi connectivity index (χ3v) is 4.27. The molecule has 0 aliphatic carbocycles. The van der Waals surface area contributed by atoms with Crippen molar-refractivity contribution in [3.05, 3.63) is 0 Å². The minimum atomic E-state index is -0.156. The van der Waals surface area contributed by atoms with E-state index < -0.39 is 0 Å². The quantitative estimate of drug-likeness (QED) is 0.798. The first kappa shape index (κ1) is 13.8. The maximum absolute atomic E-state index is 12.5. The summed E-state index contributed by atoms with van der Waals surface area (Å²) in [6, 6.07) is 0.301. The van der Waals surface area contributed by atoms with Gasteiger partial charge in [0.1, 0.15) is 0 Å². The Morgan fingerprint density at radius 3 is 3.00 bits per heavy atom. The molecule has 4 nitrogen and oxygen atoms in total. The normalized spacial score (nSPS) is 36.6. The average molecular weight is 254 g/mol. The molecule has 2 heterocycles. The van der Waals surface area contributed by atoms with Crippen LogP contribution in [-0.4, -0.2) is 37.7 Å². The van der Waals surface area contributed by atoms with Crippen molar-refractivity contribution in [2.45, 2.75) is 58.1 Å². The summed E-state index contributed by atoms with van der Waals surface area (Å²) in [4.78, 5) is 12.5. The molecular weight excluding hydrogens is 228 g/mol. The fourth-order valence-corrected chi connectivity index (χ4v) is 3.21. The van der Waals surface area contributed by atoms with E-state index in [1.807, 2.05) is 0 Å². The Bertz CT molecular complexity index is 288. The summed E-state index contributed by atoms with van der Waals surface area (Å²) >= 11 is 0. The van der Waals surface area contributed by atoms with Gasteiger partial charge in [0.25, 0.3) is 0 Å². The van der Waals surface area contributed by atoms with E-state index in [1.165, 1.54) is 0 Å². The summed E-state index contributed by atoms with van der Waals surface area (Å²) in [7, 11) is 0. The Kier molecular flexibility index (Phi) is 4.62. The maximum atomic E-state index is 12.5. The lowest BCUT2D eigenvalue weighted by molar-refractivity contribution is -0.132. The number of carbonyl (C=O) groups is 1. The zero-order valence-corrected chi connectivity index (χ0v) is 11.6. The molecule has 2 fully saturated rings. The number of rotatable bonds is 4. The first-order valence-corrected chi connectivity index (χ1v) is 7.29. The van der Waals surface area contributed by atoms with Gasteiger partial charge >= 0.3 is 0 Å². The van der Waals surface area contributed by atoms with Crippen LogP contribution in [0.1, 0.15) is 46.0 Å². The highest BCUT2D eigenvalue weighted by atomic mass is 16.5. The molecule has 104 valence electrons. The lowest BCUT2D eigenvalue weighted by Crippen LogP contribution is -2.49. The molecule has 0 saturated carbocycles. The van der Waals surface area contributed by atoms with Crippen LogP contribution >= 0.6 is 0 Å². The van der Waals surface area contributed by atoms with E-state index in [2.05, 4.69) is 24.5 Å². The van der Waals surface area contributed by atoms with Crippen LogP contribution in [0.2, 0.25) is 0 Å². The number of ether oxygens (including phenoxy) is 1. The van der Waals surface area contributed by atoms with Crippen molar-refractivity contribution in [1.29, 1.82) is 0 Å². The van der Waals surface area contributed by atoms with Gasteiger partial charge in [-0.15, -0.1) is 0 Å². The topological polar surface area (TPSA) is 50.4 Å². The zero-order chi connectivity index (χ0) is 13.0. The average Bonchev–Trinajstić information content (AvgIpc) is 2.79. The first-order chi connectivity index (χ1) is 8.66. The maximum Gasteiger partial charge on any atom is 0.227 e. The van der Waals surface area contributed by atoms with Crippen molar-refractivity contribution in [1.82, 2.24) is 10.6 Å². The molecule has 0 bridgehead atoms. The van der Waals surface area contributed by atoms with Gasteiger partial charge in [-0.05, 0) is 39.2 Å². The van der Waals surface area contributed by atoms with E-state index in [1.54, 1.807) is 0 Å². The summed E-state index contributed by atoms with van der Waals surface area (Å²) < 4.78 is 5.52. The molecular formula is C14H26N2O2. The van der Waals surface area contributed by atoms with Crippen LogP contribution in [0.25, 0.3) is 0 Å². The van der Waals surface area contributed by atoms with E-state index in [-0.39, 0.29) is 17.4 Å². The second kappa shape index (κ2) is 6.02. The van der Waals surface area contributed by atoms with Gasteiger partial charge in [0.15, 0.2) is 0 Å². The molecule has 2 saturated heterocycles. The zero-order valence-electron chi connectivity index (χ0n) is 11.6. The molecule has 0 spiro atoms. The largest absolute Gasteiger partial charge is 0.378 e. The van der Waals surface area contributed by atoms with Crippen LogP contribution in [0.4, 0.5) is 0 Å². The molecule has 3 atom stereocenters. The Morgan fingerprint density at radius 2 is 2.39 bits per heavy atom. The first-order valence-electron chi connectivity index (χ1n) is 7.29. The number of hydrogen-bond donors (Lipinski definition) is 2. The van der Waals surface area contributed by atoms with Gasteiger partial charge in [0, 0.05) is 19.2 Å². The van der Waals surface area contributed by atoms with Gasteiger partial charge < -0.3 is 15.4 Å². The number of carbonyl (C=O) groups excluding carboxylic acids is 1. The third kappa shape index (κ3) is 3.04. The van der Waals surface area contributed by atoms with Gasteiger partial charge in [-0.3, -0.25) is 4.79 Å². The molecule has 2 rings (SSSR count). The van der Waals surface area contributed by atoms with Crippen molar-refractivity contribution < 1.29 is 9.53 Å². The van der Waals surface area contributed by atoms with E-state index in [4.69, 9.17) is 4.74 Å². The molecule has 2 N–H and O–H groups in total. The van der Waals surface area contributed by atoms with Crippen LogP contribution in [-0.2, 0) is 9.53 Å². The molecule has 0 aromatic carbocycles. The Balaban J connectivity index is 1.92. The minimum absolute atomic E-state index is 0.156. The molecule has 2 aliphatic rings. The lowest BCUT2D eigenvalue weighted by Gasteiger charge is -2.33. The molecule has 3 unspecified atom stereocenters. The molecule has 0 aromatic heterocycles. The summed E-state index contributed by atoms with van der Waals surface area (Å²) in [6.45, 7) is 6.81. The van der Waals surface area contributed by atoms with Crippen molar-refractivity contribution >= 4 is 5.91 Å². The van der Waals surface area contributed by atoms with E-state index in [0.717, 1.165) is 51.8 Å². The molecule has 18 heavy (non-hydrogen) atoms. The van der Waals surface area contributed by atoms with Crippen molar-refractivity contribution in [3.8, 4) is 0 Å². The van der Waals surface area contributed by atoms with Gasteiger partial charge in [0.05, 0.1) is 11.5 Å². The number of nitrogens with one attached hydrogen (secondary N) is 2. The van der Waals surface area contributed by atoms with Crippen LogP contribution in [0, 0.1) is 5.41 Å². The van der Waals surface area contributed by atoms with Crippen molar-refractivity contribution in [2.24, 2.45) is 5.41 Å². The molecule has 4 heteroatoms. The van der Waals surface area contributed by atoms with E-state index in [0.29, 0.717) is 6.04 Å². The van der Waals surface area contributed by atoms with Crippen LogP contribution in [0.5, 0.6) is 0 Å². The van der Waals surface area contributed by atoms with Crippen molar-refractivity contribution in [2.75, 3.05) is 19.7 Å². The Labute approximate surface area is 110 Å². The highest BCUT2D eigenvalue weighted by Gasteiger charge is 2.41. The summed E-state index contributed by atoms with van der Waals surface area (Å²) in [5, 5.41) is 6.60. The van der Waals surface area contributed by atoms with Crippen LogP contribution < -0.4 is 10.6 Å². The SMILES string of the molecule is CCCC1(C(=O)NC2CCOC(C)C2)CCNC1. The highest BCUT2D eigenvalue weighted by molar-refractivity contribution is 5.83. The molecule has 0 radical (unpaired) electrons. The fourth-order valence-electron chi connectivity index (χ4n) is 3.21. The molecule has 1 amide bonds. The summed E-state index contributed by atoms with van der Waals surface area (Å²) in [5.41, 5.74) is -0.156. The predicted octanol–water partition coefficient (Wildman–Crippen LogP) is 1.45. The monoisotopic (exact) mass is 254 g/mol. The fraction of sp³-hybridized carbons (Fsp3) is 0.929. The third-order valence-electron chi connectivity index (χ3n) is 4.27. The van der Waals surface area contributed by atoms with Crippen molar-refractivity contribution in [3.63, 3.8) is 0 Å². The minimum Gasteiger partial charge on any atom is -0.378 e. The van der Waals surface area contributed by atoms with E-state index in [9.17, 15) is 4.79 Å².